The predicted molar refractivity (Wildman–Crippen MR) is 134 cm³/mol. The number of aromatic amines is 1. The first kappa shape index (κ1) is 21.5. The van der Waals surface area contributed by atoms with Gasteiger partial charge < -0.3 is 10.1 Å². The van der Waals surface area contributed by atoms with Gasteiger partial charge in [0.15, 0.2) is 11.0 Å². The minimum absolute atomic E-state index is 0.0551. The second kappa shape index (κ2) is 9.25. The largest absolute Gasteiger partial charge is 0.510 e. The number of para-hydroxylation sites is 3. The van der Waals surface area contributed by atoms with Gasteiger partial charge in [-0.25, -0.2) is 9.97 Å². The number of thioether (sulfide) groups is 1. The number of H-pyrrole nitrogens is 1. The van der Waals surface area contributed by atoms with E-state index in [9.17, 15) is 15.2 Å². The van der Waals surface area contributed by atoms with E-state index in [0.717, 1.165) is 11.1 Å². The lowest BCUT2D eigenvalue weighted by atomic mass is 10.2. The highest BCUT2D eigenvalue weighted by atomic mass is 32.2. The summed E-state index contributed by atoms with van der Waals surface area (Å²) >= 11 is 1.20. The van der Waals surface area contributed by atoms with Crippen LogP contribution in [-0.4, -0.2) is 30.4 Å². The number of fused-ring (bicyclic) bond motifs is 2. The van der Waals surface area contributed by atoms with E-state index in [-0.39, 0.29) is 22.6 Å². The number of nitrogens with zero attached hydrogens (tertiary/aromatic N) is 4. The van der Waals surface area contributed by atoms with Crippen LogP contribution in [0.5, 0.6) is 0 Å². The number of aromatic nitrogens is 4. The summed E-state index contributed by atoms with van der Waals surface area (Å²) < 4.78 is 1.60. The molecular formula is C26H19N5O2S. The van der Waals surface area contributed by atoms with Crippen LogP contribution in [0.3, 0.4) is 0 Å². The van der Waals surface area contributed by atoms with Gasteiger partial charge in [-0.1, -0.05) is 66.4 Å². The van der Waals surface area contributed by atoms with Crippen molar-refractivity contribution in [1.82, 2.24) is 19.5 Å². The lowest BCUT2D eigenvalue weighted by Gasteiger charge is -2.13. The Kier molecular flexibility index (Phi) is 5.85. The van der Waals surface area contributed by atoms with Gasteiger partial charge in [-0.15, -0.1) is 0 Å². The lowest BCUT2D eigenvalue weighted by Crippen LogP contribution is -2.24. The Hall–Kier alpha value is -4.35. The Morgan fingerprint density at radius 2 is 1.68 bits per heavy atom. The third kappa shape index (κ3) is 4.17. The summed E-state index contributed by atoms with van der Waals surface area (Å²) in [4.78, 5) is 25.4. The second-order valence-electron chi connectivity index (χ2n) is 7.61. The molecule has 7 nitrogen and oxygen atoms in total. The first-order valence-electron chi connectivity index (χ1n) is 10.6. The number of hydrogen-bond donors (Lipinski definition) is 2. The maximum Gasteiger partial charge on any atom is 0.262 e. The van der Waals surface area contributed by atoms with Crippen molar-refractivity contribution in [1.29, 1.82) is 5.26 Å². The molecule has 0 aliphatic heterocycles. The van der Waals surface area contributed by atoms with Crippen molar-refractivity contribution in [3.8, 4) is 6.07 Å². The average molecular weight is 466 g/mol. The Bertz CT molecular complexity index is 1600. The molecule has 166 valence electrons. The molecule has 0 radical (unpaired) electrons. The van der Waals surface area contributed by atoms with Crippen molar-refractivity contribution in [2.24, 2.45) is 0 Å². The first-order valence-corrected chi connectivity index (χ1v) is 11.6. The number of hydrogen-bond acceptors (Lipinski definition) is 6. The predicted octanol–water partition coefficient (Wildman–Crippen LogP) is 4.91. The van der Waals surface area contributed by atoms with E-state index >= 15 is 0 Å². The quantitative estimate of drug-likeness (QED) is 0.160. The highest BCUT2D eigenvalue weighted by Gasteiger charge is 2.16. The molecule has 0 saturated heterocycles. The van der Waals surface area contributed by atoms with Crippen LogP contribution in [0.4, 0.5) is 0 Å². The van der Waals surface area contributed by atoms with Gasteiger partial charge in [0.05, 0.1) is 34.2 Å². The van der Waals surface area contributed by atoms with Gasteiger partial charge in [0.1, 0.15) is 17.4 Å². The molecule has 2 heterocycles. The summed E-state index contributed by atoms with van der Waals surface area (Å²) in [6, 6.07) is 26.3. The molecule has 0 unspecified atom stereocenters. The maximum absolute atomic E-state index is 13.3. The van der Waals surface area contributed by atoms with E-state index in [4.69, 9.17) is 0 Å². The van der Waals surface area contributed by atoms with Crippen molar-refractivity contribution in [2.75, 3.05) is 5.75 Å². The molecule has 8 heteroatoms. The average Bonchev–Trinajstić information content (AvgIpc) is 3.29. The smallest absolute Gasteiger partial charge is 0.262 e. The minimum atomic E-state index is -0.154. The van der Waals surface area contributed by atoms with E-state index in [1.807, 2.05) is 72.8 Å². The third-order valence-electron chi connectivity index (χ3n) is 5.37. The Morgan fingerprint density at radius 3 is 2.44 bits per heavy atom. The fraction of sp³-hybridized carbons (Fsp3) is 0.0769. The van der Waals surface area contributed by atoms with Crippen molar-refractivity contribution < 1.29 is 5.11 Å². The molecule has 5 aromatic rings. The summed E-state index contributed by atoms with van der Waals surface area (Å²) in [5.41, 5.74) is 2.93. The fourth-order valence-corrected chi connectivity index (χ4v) is 4.57. The lowest BCUT2D eigenvalue weighted by molar-refractivity contribution is 0.420. The van der Waals surface area contributed by atoms with Gasteiger partial charge in [-0.2, -0.15) is 5.26 Å². The van der Waals surface area contributed by atoms with E-state index in [2.05, 4.69) is 15.0 Å². The fourth-order valence-electron chi connectivity index (χ4n) is 3.69. The summed E-state index contributed by atoms with van der Waals surface area (Å²) in [5.74, 6) is 0.217. The summed E-state index contributed by atoms with van der Waals surface area (Å²) in [6.07, 6.45) is 0. The van der Waals surface area contributed by atoms with Crippen molar-refractivity contribution in [3.05, 3.63) is 106 Å². The number of nitrogens with one attached hydrogen (secondary N) is 1. The molecule has 0 atom stereocenters. The number of nitriles is 1. The van der Waals surface area contributed by atoms with Gasteiger partial charge >= 0.3 is 0 Å². The van der Waals surface area contributed by atoms with Crippen LogP contribution in [0.15, 0.2) is 94.6 Å². The molecule has 34 heavy (non-hydrogen) atoms. The molecule has 0 aliphatic carbocycles. The van der Waals surface area contributed by atoms with Crippen LogP contribution in [0, 0.1) is 11.3 Å². The van der Waals surface area contributed by atoms with E-state index < -0.39 is 0 Å². The van der Waals surface area contributed by atoms with Crippen molar-refractivity contribution in [3.63, 3.8) is 0 Å². The number of aliphatic hydroxyl groups excluding tert-OH is 1. The molecular weight excluding hydrogens is 446 g/mol. The van der Waals surface area contributed by atoms with E-state index in [1.165, 1.54) is 11.8 Å². The minimum Gasteiger partial charge on any atom is -0.510 e. The summed E-state index contributed by atoms with van der Waals surface area (Å²) in [7, 11) is 0. The third-order valence-corrected chi connectivity index (χ3v) is 6.36. The van der Waals surface area contributed by atoms with Crippen LogP contribution in [0.2, 0.25) is 0 Å². The zero-order chi connectivity index (χ0) is 23.5. The molecule has 0 saturated carbocycles. The Labute approximate surface area is 199 Å². The normalized spacial score (nSPS) is 12.0. The molecule has 2 aromatic heterocycles. The molecule has 0 bridgehead atoms. The van der Waals surface area contributed by atoms with Crippen LogP contribution in [-0.2, 0) is 6.54 Å². The summed E-state index contributed by atoms with van der Waals surface area (Å²) in [6.45, 7) is 0.346. The number of allylic oxidation sites excluding steroid dienone is 1. The van der Waals surface area contributed by atoms with Crippen molar-refractivity contribution in [2.45, 2.75) is 11.7 Å². The van der Waals surface area contributed by atoms with Crippen LogP contribution in [0.1, 0.15) is 11.4 Å². The topological polar surface area (TPSA) is 108 Å². The molecule has 0 aliphatic rings. The van der Waals surface area contributed by atoms with Gasteiger partial charge in [-0.3, -0.25) is 9.36 Å². The van der Waals surface area contributed by atoms with Crippen LogP contribution >= 0.6 is 11.8 Å². The Balaban J connectivity index is 1.51. The van der Waals surface area contributed by atoms with Crippen molar-refractivity contribution >= 4 is 39.3 Å². The molecule has 2 N–H and O–H groups in total. The maximum atomic E-state index is 13.3. The molecule has 0 amide bonds. The van der Waals surface area contributed by atoms with Gasteiger partial charge in [0.2, 0.25) is 0 Å². The molecule has 5 rings (SSSR count). The standard InChI is InChI=1S/C26H19N5O2S/c27-14-19(24-28-21-12-6-7-13-22(21)29-24)23(32)16-34-26-30-20-11-5-4-10-18(20)25(33)31(26)15-17-8-2-1-3-9-17/h1-13,32H,15-16H2,(H,28,29)/b23-19-. The monoisotopic (exact) mass is 465 g/mol. The second-order valence-corrected chi connectivity index (χ2v) is 8.56. The van der Waals surface area contributed by atoms with E-state index in [0.29, 0.717) is 33.9 Å². The number of rotatable bonds is 6. The number of benzene rings is 3. The number of imidazole rings is 1. The zero-order valence-corrected chi connectivity index (χ0v) is 18.8. The van der Waals surface area contributed by atoms with Gasteiger partial charge in [-0.05, 0) is 29.8 Å². The van der Waals surface area contributed by atoms with Crippen LogP contribution in [0.25, 0.3) is 27.5 Å². The van der Waals surface area contributed by atoms with E-state index in [1.54, 1.807) is 16.7 Å². The Morgan fingerprint density at radius 1 is 0.971 bits per heavy atom. The molecule has 0 fully saturated rings. The highest BCUT2D eigenvalue weighted by molar-refractivity contribution is 7.99. The highest BCUT2D eigenvalue weighted by Crippen LogP contribution is 2.25. The SMILES string of the molecule is N#C/C(=C(/O)CSc1nc2ccccc2c(=O)n1Cc1ccccc1)c1nc2ccccc2[nH]1. The molecule has 3 aromatic carbocycles. The first-order chi connectivity index (χ1) is 16.6. The van der Waals surface area contributed by atoms with Gasteiger partial charge in [0.25, 0.3) is 5.56 Å². The number of aliphatic hydroxyl groups is 1. The van der Waals surface area contributed by atoms with Crippen LogP contribution < -0.4 is 5.56 Å². The van der Waals surface area contributed by atoms with Gasteiger partial charge in [0, 0.05) is 0 Å². The zero-order valence-electron chi connectivity index (χ0n) is 18.0. The molecule has 0 spiro atoms. The summed E-state index contributed by atoms with van der Waals surface area (Å²) in [5, 5.41) is 21.5.